The molecule has 0 saturated carbocycles. The Morgan fingerprint density at radius 3 is 2.62 bits per heavy atom. The highest BCUT2D eigenvalue weighted by atomic mass is 79.9. The molecule has 0 aliphatic heterocycles. The molecule has 0 heterocycles. The average Bonchev–Trinajstić information content (AvgIpc) is 2.17. The summed E-state index contributed by atoms with van der Waals surface area (Å²) in [6, 6.07) is 4.65. The second-order valence-corrected chi connectivity index (χ2v) is 6.53. The molecule has 1 aromatic rings. The maximum Gasteiger partial charge on any atom is 0.244 e. The number of likely N-dealkylation sites (N-methyl/N-ethyl adjacent to an activating group) is 1. The summed E-state index contributed by atoms with van der Waals surface area (Å²) >= 11 is 9.11. The lowest BCUT2D eigenvalue weighted by molar-refractivity contribution is 0.476. The number of sulfonamides is 1. The molecule has 0 amide bonds. The molecule has 0 aliphatic carbocycles. The molecule has 1 aromatic carbocycles. The number of hydrogen-bond acceptors (Lipinski definition) is 3. The van der Waals surface area contributed by atoms with E-state index in [0.717, 1.165) is 4.47 Å². The first-order valence-electron chi connectivity index (χ1n) is 4.51. The summed E-state index contributed by atoms with van der Waals surface area (Å²) in [6.45, 7) is 0.526. The number of rotatable bonds is 4. The van der Waals surface area contributed by atoms with Crippen LogP contribution in [0.15, 0.2) is 27.6 Å². The van der Waals surface area contributed by atoms with Crippen molar-refractivity contribution >= 4 is 37.6 Å². The van der Waals surface area contributed by atoms with E-state index in [9.17, 15) is 8.42 Å². The monoisotopic (exact) mass is 326 g/mol. The average molecular weight is 328 g/mol. The van der Waals surface area contributed by atoms with Crippen molar-refractivity contribution < 1.29 is 8.42 Å². The van der Waals surface area contributed by atoms with Gasteiger partial charge in [0, 0.05) is 24.6 Å². The van der Waals surface area contributed by atoms with Gasteiger partial charge < -0.3 is 5.73 Å². The summed E-state index contributed by atoms with van der Waals surface area (Å²) in [5.41, 5.74) is 5.32. The fourth-order valence-corrected chi connectivity index (χ4v) is 3.35. The largest absolute Gasteiger partial charge is 0.329 e. The Labute approximate surface area is 109 Å². The van der Waals surface area contributed by atoms with Crippen molar-refractivity contribution in [2.24, 2.45) is 5.73 Å². The summed E-state index contributed by atoms with van der Waals surface area (Å²) in [5.74, 6) is 0. The van der Waals surface area contributed by atoms with Gasteiger partial charge in [0.05, 0.1) is 5.02 Å². The van der Waals surface area contributed by atoms with Gasteiger partial charge in [-0.25, -0.2) is 8.42 Å². The molecule has 0 fully saturated rings. The van der Waals surface area contributed by atoms with E-state index in [-0.39, 0.29) is 23.0 Å². The molecule has 4 nitrogen and oxygen atoms in total. The Morgan fingerprint density at radius 2 is 2.12 bits per heavy atom. The van der Waals surface area contributed by atoms with Gasteiger partial charge in [0.2, 0.25) is 10.0 Å². The Bertz CT molecular complexity index is 478. The second-order valence-electron chi connectivity index (χ2n) is 3.19. The zero-order valence-corrected chi connectivity index (χ0v) is 11.8. The highest BCUT2D eigenvalue weighted by molar-refractivity contribution is 9.10. The number of hydrogen-bond donors (Lipinski definition) is 1. The van der Waals surface area contributed by atoms with Crippen molar-refractivity contribution in [2.75, 3.05) is 20.1 Å². The van der Waals surface area contributed by atoms with Crippen molar-refractivity contribution in [1.82, 2.24) is 4.31 Å². The molecule has 0 atom stereocenters. The van der Waals surface area contributed by atoms with E-state index >= 15 is 0 Å². The lowest BCUT2D eigenvalue weighted by atomic mass is 10.4. The topological polar surface area (TPSA) is 63.4 Å². The van der Waals surface area contributed by atoms with Crippen LogP contribution in [0, 0.1) is 0 Å². The third kappa shape index (κ3) is 2.95. The van der Waals surface area contributed by atoms with Crippen molar-refractivity contribution in [3.63, 3.8) is 0 Å². The minimum Gasteiger partial charge on any atom is -0.329 e. The molecule has 0 radical (unpaired) electrons. The van der Waals surface area contributed by atoms with Crippen LogP contribution in [0.2, 0.25) is 5.02 Å². The quantitative estimate of drug-likeness (QED) is 0.915. The molecule has 0 saturated heterocycles. The Kier molecular flexibility index (Phi) is 4.75. The number of benzene rings is 1. The fraction of sp³-hybridized carbons (Fsp3) is 0.333. The summed E-state index contributed by atoms with van der Waals surface area (Å²) in [4.78, 5) is 0.0910. The van der Waals surface area contributed by atoms with Gasteiger partial charge in [0.25, 0.3) is 0 Å². The van der Waals surface area contributed by atoms with Crippen LogP contribution in [0.5, 0.6) is 0 Å². The van der Waals surface area contributed by atoms with Crippen LogP contribution in [0.3, 0.4) is 0 Å². The molecule has 16 heavy (non-hydrogen) atoms. The normalized spacial score (nSPS) is 12.1. The van der Waals surface area contributed by atoms with Gasteiger partial charge in [-0.1, -0.05) is 27.5 Å². The Hall–Kier alpha value is -0.140. The minimum atomic E-state index is -3.55. The summed E-state index contributed by atoms with van der Waals surface area (Å²) < 4.78 is 26.0. The maximum atomic E-state index is 12.0. The SMILES string of the molecule is CN(CCN)S(=O)(=O)c1ccc(Br)cc1Cl. The molecule has 0 bridgehead atoms. The van der Waals surface area contributed by atoms with Gasteiger partial charge in [-0.15, -0.1) is 0 Å². The molecular formula is C9H12BrClN2O2S. The molecule has 90 valence electrons. The smallest absolute Gasteiger partial charge is 0.244 e. The first-order valence-corrected chi connectivity index (χ1v) is 7.12. The van der Waals surface area contributed by atoms with E-state index in [1.54, 1.807) is 12.1 Å². The third-order valence-electron chi connectivity index (χ3n) is 2.03. The van der Waals surface area contributed by atoms with E-state index in [1.165, 1.54) is 17.4 Å². The minimum absolute atomic E-state index is 0.0910. The summed E-state index contributed by atoms with van der Waals surface area (Å²) in [7, 11) is -2.08. The maximum absolute atomic E-state index is 12.0. The lowest BCUT2D eigenvalue weighted by Crippen LogP contribution is -2.31. The zero-order valence-electron chi connectivity index (χ0n) is 8.65. The van der Waals surface area contributed by atoms with Gasteiger partial charge in [0.15, 0.2) is 0 Å². The van der Waals surface area contributed by atoms with Crippen LogP contribution < -0.4 is 5.73 Å². The van der Waals surface area contributed by atoms with Crippen molar-refractivity contribution in [3.8, 4) is 0 Å². The molecular weight excluding hydrogens is 316 g/mol. The molecule has 0 spiro atoms. The van der Waals surface area contributed by atoms with Crippen LogP contribution in [-0.4, -0.2) is 32.9 Å². The fourth-order valence-electron chi connectivity index (χ4n) is 1.15. The van der Waals surface area contributed by atoms with E-state index < -0.39 is 10.0 Å². The number of nitrogens with two attached hydrogens (primary N) is 1. The number of nitrogens with zero attached hydrogens (tertiary/aromatic N) is 1. The highest BCUT2D eigenvalue weighted by Crippen LogP contribution is 2.26. The molecule has 7 heteroatoms. The highest BCUT2D eigenvalue weighted by Gasteiger charge is 2.22. The Balaban J connectivity index is 3.17. The van der Waals surface area contributed by atoms with Crippen molar-refractivity contribution in [1.29, 1.82) is 0 Å². The van der Waals surface area contributed by atoms with Crippen molar-refractivity contribution in [2.45, 2.75) is 4.90 Å². The van der Waals surface area contributed by atoms with Gasteiger partial charge >= 0.3 is 0 Å². The predicted octanol–water partition coefficient (Wildman–Crippen LogP) is 1.68. The molecule has 0 unspecified atom stereocenters. The van der Waals surface area contributed by atoms with Crippen LogP contribution >= 0.6 is 27.5 Å². The summed E-state index contributed by atoms with van der Waals surface area (Å²) in [5, 5.41) is 0.193. The molecule has 0 aromatic heterocycles. The summed E-state index contributed by atoms with van der Waals surface area (Å²) in [6.07, 6.45) is 0. The van der Waals surface area contributed by atoms with Crippen LogP contribution in [-0.2, 0) is 10.0 Å². The van der Waals surface area contributed by atoms with E-state index in [2.05, 4.69) is 15.9 Å². The predicted molar refractivity (Wildman–Crippen MR) is 68.0 cm³/mol. The number of halogens is 2. The van der Waals surface area contributed by atoms with Gasteiger partial charge in [-0.2, -0.15) is 4.31 Å². The first kappa shape index (κ1) is 13.9. The third-order valence-corrected chi connectivity index (χ3v) is 4.86. The first-order chi connectivity index (χ1) is 7.39. The van der Waals surface area contributed by atoms with Crippen LogP contribution in [0.1, 0.15) is 0 Å². The van der Waals surface area contributed by atoms with Gasteiger partial charge in [-0.05, 0) is 18.2 Å². The van der Waals surface area contributed by atoms with E-state index in [4.69, 9.17) is 17.3 Å². The lowest BCUT2D eigenvalue weighted by Gasteiger charge is -2.16. The standard InChI is InChI=1S/C9H12BrClN2O2S/c1-13(5-4-12)16(14,15)9-3-2-7(10)6-8(9)11/h2-3,6H,4-5,12H2,1H3. The molecule has 2 N–H and O–H groups in total. The van der Waals surface area contributed by atoms with Crippen LogP contribution in [0.25, 0.3) is 0 Å². The van der Waals surface area contributed by atoms with Crippen LogP contribution in [0.4, 0.5) is 0 Å². The van der Waals surface area contributed by atoms with E-state index in [0.29, 0.717) is 0 Å². The zero-order chi connectivity index (χ0) is 12.3. The molecule has 0 aliphatic rings. The second kappa shape index (κ2) is 5.46. The van der Waals surface area contributed by atoms with Gasteiger partial charge in [0.1, 0.15) is 4.90 Å². The van der Waals surface area contributed by atoms with Gasteiger partial charge in [-0.3, -0.25) is 0 Å². The van der Waals surface area contributed by atoms with E-state index in [1.807, 2.05) is 0 Å². The molecule has 1 rings (SSSR count). The van der Waals surface area contributed by atoms with Crippen molar-refractivity contribution in [3.05, 3.63) is 27.7 Å². The Morgan fingerprint density at radius 1 is 1.50 bits per heavy atom.